The van der Waals surface area contributed by atoms with E-state index in [2.05, 4.69) is 10.2 Å². The van der Waals surface area contributed by atoms with E-state index in [1.165, 1.54) is 11.8 Å². The normalized spacial score (nSPS) is 18.4. The highest BCUT2D eigenvalue weighted by Crippen LogP contribution is 2.23. The van der Waals surface area contributed by atoms with Crippen molar-refractivity contribution in [1.82, 2.24) is 4.90 Å². The standard InChI is InChI=1S/C16H19N3O3S/c20-8-5-19-15(21)11-14(16(19)22)17-12-1-3-13(4-2-12)18-6-9-23-10-7-18/h1-4,11,17,20H,5-10H2. The van der Waals surface area contributed by atoms with Crippen molar-refractivity contribution in [1.29, 1.82) is 0 Å². The van der Waals surface area contributed by atoms with Gasteiger partial charge in [-0.3, -0.25) is 14.5 Å². The molecule has 0 unspecified atom stereocenters. The Balaban J connectivity index is 1.65. The molecule has 3 rings (SSSR count). The molecule has 0 radical (unpaired) electrons. The molecule has 2 N–H and O–H groups in total. The monoisotopic (exact) mass is 333 g/mol. The second kappa shape index (κ2) is 7.06. The van der Waals surface area contributed by atoms with E-state index in [0.29, 0.717) is 0 Å². The van der Waals surface area contributed by atoms with Gasteiger partial charge in [0, 0.05) is 42.0 Å². The Hall–Kier alpha value is -1.99. The van der Waals surface area contributed by atoms with Gasteiger partial charge >= 0.3 is 0 Å². The maximum absolute atomic E-state index is 12.1. The Kier molecular flexibility index (Phi) is 4.88. The van der Waals surface area contributed by atoms with E-state index in [1.807, 2.05) is 36.0 Å². The van der Waals surface area contributed by atoms with Crippen LogP contribution in [-0.2, 0) is 9.59 Å². The number of carbonyl (C=O) groups excluding carboxylic acids is 2. The van der Waals surface area contributed by atoms with Crippen LogP contribution in [-0.4, -0.2) is 59.6 Å². The molecular formula is C16H19N3O3S. The summed E-state index contributed by atoms with van der Waals surface area (Å²) in [5, 5.41) is 11.9. The lowest BCUT2D eigenvalue weighted by Gasteiger charge is -2.28. The Morgan fingerprint density at radius 2 is 1.83 bits per heavy atom. The summed E-state index contributed by atoms with van der Waals surface area (Å²) in [6.45, 7) is 1.88. The molecule has 0 aromatic heterocycles. The summed E-state index contributed by atoms with van der Waals surface area (Å²) in [4.78, 5) is 27.2. The summed E-state index contributed by atoms with van der Waals surface area (Å²) in [6.07, 6.45) is 1.27. The second-order valence-electron chi connectivity index (χ2n) is 5.35. The zero-order valence-electron chi connectivity index (χ0n) is 12.7. The molecule has 122 valence electrons. The van der Waals surface area contributed by atoms with Gasteiger partial charge in [0.05, 0.1) is 13.2 Å². The van der Waals surface area contributed by atoms with Gasteiger partial charge in [0.15, 0.2) is 0 Å². The van der Waals surface area contributed by atoms with Crippen molar-refractivity contribution in [2.24, 2.45) is 0 Å². The summed E-state index contributed by atoms with van der Waals surface area (Å²) in [7, 11) is 0. The smallest absolute Gasteiger partial charge is 0.277 e. The average molecular weight is 333 g/mol. The van der Waals surface area contributed by atoms with Crippen LogP contribution >= 0.6 is 11.8 Å². The maximum Gasteiger partial charge on any atom is 0.277 e. The van der Waals surface area contributed by atoms with E-state index in [-0.39, 0.29) is 18.8 Å². The molecule has 7 heteroatoms. The zero-order valence-corrected chi connectivity index (χ0v) is 13.5. The van der Waals surface area contributed by atoms with Crippen LogP contribution in [0.2, 0.25) is 0 Å². The van der Waals surface area contributed by atoms with Gasteiger partial charge in [-0.05, 0) is 24.3 Å². The molecule has 0 bridgehead atoms. The Bertz CT molecular complexity index is 624. The fourth-order valence-corrected chi connectivity index (χ4v) is 3.55. The number of carbonyl (C=O) groups is 2. The molecule has 1 aromatic rings. The highest BCUT2D eigenvalue weighted by atomic mass is 32.2. The van der Waals surface area contributed by atoms with Gasteiger partial charge in [0.25, 0.3) is 11.8 Å². The number of anilines is 2. The molecule has 2 heterocycles. The topological polar surface area (TPSA) is 72.9 Å². The van der Waals surface area contributed by atoms with Crippen molar-refractivity contribution in [2.75, 3.05) is 48.0 Å². The predicted molar refractivity (Wildman–Crippen MR) is 91.5 cm³/mol. The number of aliphatic hydroxyl groups is 1. The first-order valence-corrected chi connectivity index (χ1v) is 8.72. The van der Waals surface area contributed by atoms with Crippen molar-refractivity contribution < 1.29 is 14.7 Å². The minimum atomic E-state index is -0.402. The Morgan fingerprint density at radius 3 is 2.48 bits per heavy atom. The number of rotatable bonds is 5. The summed E-state index contributed by atoms with van der Waals surface area (Å²) < 4.78 is 0. The minimum Gasteiger partial charge on any atom is -0.395 e. The number of amides is 2. The average Bonchev–Trinajstić information content (AvgIpc) is 2.84. The number of thioether (sulfide) groups is 1. The number of hydrogen-bond acceptors (Lipinski definition) is 6. The van der Waals surface area contributed by atoms with E-state index < -0.39 is 11.8 Å². The molecule has 2 aliphatic rings. The van der Waals surface area contributed by atoms with E-state index in [0.717, 1.165) is 35.2 Å². The van der Waals surface area contributed by atoms with Crippen LogP contribution in [0, 0.1) is 0 Å². The van der Waals surface area contributed by atoms with Crippen LogP contribution < -0.4 is 10.2 Å². The number of imide groups is 1. The predicted octanol–water partition coefficient (Wildman–Crippen LogP) is 0.897. The third kappa shape index (κ3) is 3.51. The van der Waals surface area contributed by atoms with Gasteiger partial charge in [0.2, 0.25) is 0 Å². The first-order chi connectivity index (χ1) is 11.2. The summed E-state index contributed by atoms with van der Waals surface area (Å²) >= 11 is 1.97. The number of hydrogen-bond donors (Lipinski definition) is 2. The van der Waals surface area contributed by atoms with E-state index >= 15 is 0 Å². The molecule has 1 fully saturated rings. The van der Waals surface area contributed by atoms with Gasteiger partial charge in [-0.1, -0.05) is 0 Å². The van der Waals surface area contributed by atoms with Crippen LogP contribution in [0.15, 0.2) is 36.0 Å². The maximum atomic E-state index is 12.1. The van der Waals surface area contributed by atoms with Gasteiger partial charge in [-0.15, -0.1) is 0 Å². The Labute approximate surface area is 139 Å². The van der Waals surface area contributed by atoms with Crippen LogP contribution in [0.4, 0.5) is 11.4 Å². The van der Waals surface area contributed by atoms with E-state index in [9.17, 15) is 9.59 Å². The largest absolute Gasteiger partial charge is 0.395 e. The minimum absolute atomic E-state index is 0.0191. The molecule has 1 aromatic carbocycles. The second-order valence-corrected chi connectivity index (χ2v) is 6.57. The van der Waals surface area contributed by atoms with Crippen LogP contribution in [0.5, 0.6) is 0 Å². The van der Waals surface area contributed by atoms with Crippen molar-refractivity contribution in [3.8, 4) is 0 Å². The number of β-amino-alcohol motifs (C(OH)–C–C–N with tert-alkyl or cyclic N) is 1. The van der Waals surface area contributed by atoms with Gasteiger partial charge in [-0.25, -0.2) is 0 Å². The van der Waals surface area contributed by atoms with Crippen LogP contribution in [0.25, 0.3) is 0 Å². The lowest BCUT2D eigenvalue weighted by Crippen LogP contribution is -2.34. The lowest BCUT2D eigenvalue weighted by molar-refractivity contribution is -0.137. The summed E-state index contributed by atoms with van der Waals surface area (Å²) in [5.41, 5.74) is 2.17. The van der Waals surface area contributed by atoms with Gasteiger partial charge < -0.3 is 15.3 Å². The van der Waals surface area contributed by atoms with Crippen LogP contribution in [0.3, 0.4) is 0 Å². The number of aliphatic hydroxyl groups excluding tert-OH is 1. The molecule has 6 nitrogen and oxygen atoms in total. The van der Waals surface area contributed by atoms with Gasteiger partial charge in [-0.2, -0.15) is 11.8 Å². The highest BCUT2D eigenvalue weighted by Gasteiger charge is 2.30. The zero-order chi connectivity index (χ0) is 16.2. The highest BCUT2D eigenvalue weighted by molar-refractivity contribution is 7.99. The third-order valence-corrected chi connectivity index (χ3v) is 4.80. The third-order valence-electron chi connectivity index (χ3n) is 3.86. The van der Waals surface area contributed by atoms with Crippen molar-refractivity contribution in [2.45, 2.75) is 0 Å². The molecule has 1 saturated heterocycles. The molecule has 0 saturated carbocycles. The number of nitrogens with one attached hydrogen (secondary N) is 1. The van der Waals surface area contributed by atoms with Crippen LogP contribution in [0.1, 0.15) is 0 Å². The number of nitrogens with zero attached hydrogens (tertiary/aromatic N) is 2. The van der Waals surface area contributed by atoms with Crippen molar-refractivity contribution in [3.63, 3.8) is 0 Å². The summed E-state index contributed by atoms with van der Waals surface area (Å²) in [5.74, 6) is 1.49. The molecule has 23 heavy (non-hydrogen) atoms. The lowest BCUT2D eigenvalue weighted by atomic mass is 10.2. The number of benzene rings is 1. The SMILES string of the molecule is O=C1C=C(Nc2ccc(N3CCSCC3)cc2)C(=O)N1CCO. The quantitative estimate of drug-likeness (QED) is 0.780. The van der Waals surface area contributed by atoms with E-state index in [1.54, 1.807) is 0 Å². The first-order valence-electron chi connectivity index (χ1n) is 7.57. The van der Waals surface area contributed by atoms with Crippen molar-refractivity contribution >= 4 is 35.0 Å². The molecule has 2 amide bonds. The Morgan fingerprint density at radius 1 is 1.13 bits per heavy atom. The van der Waals surface area contributed by atoms with Crippen molar-refractivity contribution in [3.05, 3.63) is 36.0 Å². The molecule has 0 spiro atoms. The molecule has 0 aliphatic carbocycles. The summed E-state index contributed by atoms with van der Waals surface area (Å²) in [6, 6.07) is 7.85. The molecule has 0 atom stereocenters. The fraction of sp³-hybridized carbons (Fsp3) is 0.375. The fourth-order valence-electron chi connectivity index (χ4n) is 2.64. The first kappa shape index (κ1) is 15.9. The van der Waals surface area contributed by atoms with E-state index in [4.69, 9.17) is 5.11 Å². The molecular weight excluding hydrogens is 314 g/mol. The molecule has 2 aliphatic heterocycles. The van der Waals surface area contributed by atoms with Gasteiger partial charge in [0.1, 0.15) is 5.70 Å².